The highest BCUT2D eigenvalue weighted by molar-refractivity contribution is 5.80. The Hall–Kier alpha value is -1.14. The summed E-state index contributed by atoms with van der Waals surface area (Å²) in [6.07, 6.45) is 9.02. The molecule has 0 spiro atoms. The van der Waals surface area contributed by atoms with Crippen LogP contribution in [0.1, 0.15) is 71.1 Å². The van der Waals surface area contributed by atoms with Gasteiger partial charge in [-0.1, -0.05) is 18.1 Å². The van der Waals surface area contributed by atoms with Crippen molar-refractivity contribution >= 4 is 5.78 Å². The lowest BCUT2D eigenvalue weighted by atomic mass is 9.54. The van der Waals surface area contributed by atoms with E-state index in [9.17, 15) is 9.90 Å². The average molecular weight is 313 g/mol. The molecule has 0 aromatic rings. The van der Waals surface area contributed by atoms with E-state index in [0.717, 1.165) is 51.4 Å². The summed E-state index contributed by atoms with van der Waals surface area (Å²) < 4.78 is 0. The maximum atomic E-state index is 11.8. The number of carbonyl (C=O) groups is 1. The molecule has 0 heterocycles. The number of carbonyl (C=O) groups excluding carboxylic acids is 1. The second-order valence-electron chi connectivity index (χ2n) is 8.60. The van der Waals surface area contributed by atoms with E-state index < -0.39 is 5.60 Å². The second kappa shape index (κ2) is 5.18. The highest BCUT2D eigenvalue weighted by Gasteiger charge is 2.60. The van der Waals surface area contributed by atoms with Crippen LogP contribution in [0.4, 0.5) is 0 Å². The van der Waals surface area contributed by atoms with Crippen LogP contribution in [0.25, 0.3) is 0 Å². The SMILES string of the molecule is C[C@]12CCC3=C4CCC(=O)C[C@H]4CC[C@H]3[C@@H]1CC[C@@]2(O)CC#N. The van der Waals surface area contributed by atoms with Gasteiger partial charge in [-0.3, -0.25) is 4.79 Å². The number of hydrogen-bond acceptors (Lipinski definition) is 3. The maximum Gasteiger partial charge on any atom is 0.133 e. The predicted octanol–water partition coefficient (Wildman–Crippen LogP) is 3.92. The molecule has 4 aliphatic carbocycles. The second-order valence-corrected chi connectivity index (χ2v) is 8.60. The highest BCUT2D eigenvalue weighted by Crippen LogP contribution is 2.64. The summed E-state index contributed by atoms with van der Waals surface area (Å²) in [5.41, 5.74) is 2.37. The number of allylic oxidation sites excluding steroid dienone is 2. The van der Waals surface area contributed by atoms with Crippen LogP contribution in [0.2, 0.25) is 0 Å². The van der Waals surface area contributed by atoms with Crippen LogP contribution in [-0.4, -0.2) is 16.5 Å². The Morgan fingerprint density at radius 2 is 2.00 bits per heavy atom. The van der Waals surface area contributed by atoms with Crippen molar-refractivity contribution in [3.8, 4) is 6.07 Å². The molecule has 3 heteroatoms. The number of aliphatic hydroxyl groups is 1. The van der Waals surface area contributed by atoms with Crippen LogP contribution in [0.15, 0.2) is 11.1 Å². The van der Waals surface area contributed by atoms with Crippen molar-refractivity contribution in [1.29, 1.82) is 5.26 Å². The summed E-state index contributed by atoms with van der Waals surface area (Å²) in [6, 6.07) is 2.23. The van der Waals surface area contributed by atoms with E-state index in [2.05, 4.69) is 13.0 Å². The van der Waals surface area contributed by atoms with Crippen LogP contribution < -0.4 is 0 Å². The van der Waals surface area contributed by atoms with Gasteiger partial charge in [0.15, 0.2) is 0 Å². The molecule has 5 atom stereocenters. The van der Waals surface area contributed by atoms with Gasteiger partial charge in [0.05, 0.1) is 18.1 Å². The Morgan fingerprint density at radius 3 is 2.78 bits per heavy atom. The fraction of sp³-hybridized carbons (Fsp3) is 0.800. The number of hydrogen-bond donors (Lipinski definition) is 1. The Bertz CT molecular complexity index is 616. The largest absolute Gasteiger partial charge is 0.388 e. The number of Topliss-reactive ketones (excluding diaryl/α,β-unsaturated/α-hetero) is 1. The normalized spacial score (nSPS) is 46.0. The maximum absolute atomic E-state index is 11.8. The summed E-state index contributed by atoms with van der Waals surface area (Å²) >= 11 is 0. The zero-order valence-electron chi connectivity index (χ0n) is 14.1. The zero-order chi connectivity index (χ0) is 16.2. The first-order chi connectivity index (χ1) is 11.0. The van der Waals surface area contributed by atoms with Crippen LogP contribution in [0, 0.1) is 34.5 Å². The molecular weight excluding hydrogens is 286 g/mol. The van der Waals surface area contributed by atoms with E-state index in [1.165, 1.54) is 6.42 Å². The van der Waals surface area contributed by atoms with Crippen molar-refractivity contribution in [3.05, 3.63) is 11.1 Å². The standard InChI is InChI=1S/C20H27NO2/c1-19-8-6-16-15-5-3-14(22)12-13(15)2-4-17(16)18(19)7-9-20(19,23)10-11-21/h13,17-18,23H,2-10,12H2,1H3/t13-,17-,18+,19+,20-/m1/s1. The van der Waals surface area contributed by atoms with Crippen molar-refractivity contribution in [3.63, 3.8) is 0 Å². The Kier molecular flexibility index (Phi) is 3.47. The van der Waals surface area contributed by atoms with Crippen molar-refractivity contribution < 1.29 is 9.90 Å². The monoisotopic (exact) mass is 313 g/mol. The molecule has 0 saturated heterocycles. The lowest BCUT2D eigenvalue weighted by molar-refractivity contribution is -0.121. The molecule has 0 aliphatic heterocycles. The molecular formula is C20H27NO2. The predicted molar refractivity (Wildman–Crippen MR) is 87.3 cm³/mol. The molecule has 4 rings (SSSR count). The van der Waals surface area contributed by atoms with Gasteiger partial charge in [-0.2, -0.15) is 5.26 Å². The van der Waals surface area contributed by atoms with Gasteiger partial charge in [0.25, 0.3) is 0 Å². The Labute approximate surface area is 138 Å². The first-order valence-corrected chi connectivity index (χ1v) is 9.31. The molecule has 0 amide bonds. The first kappa shape index (κ1) is 15.4. The number of nitriles is 1. The molecule has 3 fully saturated rings. The molecule has 4 aliphatic rings. The number of ketones is 1. The number of fused-ring (bicyclic) bond motifs is 4. The third-order valence-electron chi connectivity index (χ3n) is 7.85. The Balaban J connectivity index is 1.67. The summed E-state index contributed by atoms with van der Waals surface area (Å²) in [7, 11) is 0. The molecule has 0 bridgehead atoms. The van der Waals surface area contributed by atoms with Gasteiger partial charge >= 0.3 is 0 Å². The van der Waals surface area contributed by atoms with Gasteiger partial charge in [0.1, 0.15) is 5.78 Å². The van der Waals surface area contributed by atoms with Gasteiger partial charge in [-0.05, 0) is 62.7 Å². The van der Waals surface area contributed by atoms with Gasteiger partial charge in [0, 0.05) is 18.3 Å². The zero-order valence-corrected chi connectivity index (χ0v) is 14.1. The van der Waals surface area contributed by atoms with E-state index in [1.54, 1.807) is 11.1 Å². The third kappa shape index (κ3) is 2.07. The van der Waals surface area contributed by atoms with Gasteiger partial charge < -0.3 is 5.11 Å². The van der Waals surface area contributed by atoms with Crippen LogP contribution in [0.3, 0.4) is 0 Å². The first-order valence-electron chi connectivity index (χ1n) is 9.31. The topological polar surface area (TPSA) is 61.1 Å². The lowest BCUT2D eigenvalue weighted by Crippen LogP contribution is -2.49. The van der Waals surface area contributed by atoms with Crippen LogP contribution in [-0.2, 0) is 4.79 Å². The summed E-state index contributed by atoms with van der Waals surface area (Å²) in [5.74, 6) is 2.09. The highest BCUT2D eigenvalue weighted by atomic mass is 16.3. The molecule has 3 nitrogen and oxygen atoms in total. The fourth-order valence-corrected chi connectivity index (χ4v) is 6.48. The van der Waals surface area contributed by atoms with Crippen LogP contribution in [0.5, 0.6) is 0 Å². The molecule has 0 unspecified atom stereocenters. The minimum atomic E-state index is -0.790. The van der Waals surface area contributed by atoms with Crippen molar-refractivity contribution in [2.45, 2.75) is 76.7 Å². The van der Waals surface area contributed by atoms with E-state index in [4.69, 9.17) is 5.26 Å². The number of rotatable bonds is 1. The van der Waals surface area contributed by atoms with Crippen molar-refractivity contribution in [1.82, 2.24) is 0 Å². The summed E-state index contributed by atoms with van der Waals surface area (Å²) in [5, 5.41) is 20.3. The third-order valence-corrected chi connectivity index (χ3v) is 7.85. The van der Waals surface area contributed by atoms with Crippen molar-refractivity contribution in [2.75, 3.05) is 0 Å². The lowest BCUT2D eigenvalue weighted by Gasteiger charge is -2.52. The summed E-state index contributed by atoms with van der Waals surface area (Å²) in [6.45, 7) is 2.24. The minimum Gasteiger partial charge on any atom is -0.388 e. The van der Waals surface area contributed by atoms with Gasteiger partial charge in [-0.25, -0.2) is 0 Å². The number of nitrogens with zero attached hydrogens (tertiary/aromatic N) is 1. The van der Waals surface area contributed by atoms with Crippen molar-refractivity contribution in [2.24, 2.45) is 23.2 Å². The van der Waals surface area contributed by atoms with Gasteiger partial charge in [-0.15, -0.1) is 0 Å². The molecule has 23 heavy (non-hydrogen) atoms. The molecule has 124 valence electrons. The summed E-state index contributed by atoms with van der Waals surface area (Å²) in [4.78, 5) is 11.8. The molecule has 0 aromatic carbocycles. The molecule has 3 saturated carbocycles. The van der Waals surface area contributed by atoms with E-state index >= 15 is 0 Å². The molecule has 1 N–H and O–H groups in total. The minimum absolute atomic E-state index is 0.102. The van der Waals surface area contributed by atoms with Crippen LogP contribution >= 0.6 is 0 Å². The quantitative estimate of drug-likeness (QED) is 0.746. The molecule has 0 aromatic heterocycles. The van der Waals surface area contributed by atoms with E-state index in [0.29, 0.717) is 23.5 Å². The van der Waals surface area contributed by atoms with E-state index in [-0.39, 0.29) is 11.8 Å². The van der Waals surface area contributed by atoms with E-state index in [1.807, 2.05) is 0 Å². The molecule has 0 radical (unpaired) electrons. The van der Waals surface area contributed by atoms with Gasteiger partial charge in [0.2, 0.25) is 0 Å². The smallest absolute Gasteiger partial charge is 0.133 e. The average Bonchev–Trinajstić information content (AvgIpc) is 2.79. The fourth-order valence-electron chi connectivity index (χ4n) is 6.48. The Morgan fingerprint density at radius 1 is 1.17 bits per heavy atom.